The summed E-state index contributed by atoms with van der Waals surface area (Å²) in [4.78, 5) is 25.6. The lowest BCUT2D eigenvalue weighted by molar-refractivity contribution is -0.136. The van der Waals surface area contributed by atoms with Crippen LogP contribution in [0.4, 0.5) is 0 Å². The van der Waals surface area contributed by atoms with Gasteiger partial charge in [0, 0.05) is 18.5 Å². The van der Waals surface area contributed by atoms with Gasteiger partial charge in [-0.2, -0.15) is 0 Å². The number of carbonyl (C=O) groups excluding carboxylic acids is 1. The Bertz CT molecular complexity index is 754. The predicted molar refractivity (Wildman–Crippen MR) is 87.1 cm³/mol. The van der Waals surface area contributed by atoms with E-state index in [-0.39, 0.29) is 18.4 Å². The topological polar surface area (TPSA) is 57.6 Å². The molecule has 0 aromatic heterocycles. The van der Waals surface area contributed by atoms with Crippen molar-refractivity contribution in [3.8, 4) is 0 Å². The lowest BCUT2D eigenvalue weighted by Gasteiger charge is -2.23. The summed E-state index contributed by atoms with van der Waals surface area (Å²) in [5.41, 5.74) is 3.76. The zero-order chi connectivity index (χ0) is 16.4. The molecule has 118 valence electrons. The van der Waals surface area contributed by atoms with E-state index in [1.165, 1.54) is 11.1 Å². The van der Waals surface area contributed by atoms with E-state index in [2.05, 4.69) is 12.1 Å². The van der Waals surface area contributed by atoms with Gasteiger partial charge in [0.15, 0.2) is 0 Å². The number of benzene rings is 2. The van der Waals surface area contributed by atoms with E-state index in [9.17, 15) is 9.59 Å². The summed E-state index contributed by atoms with van der Waals surface area (Å²) in [6, 6.07) is 15.4. The molecule has 1 aliphatic heterocycles. The van der Waals surface area contributed by atoms with Crippen LogP contribution in [-0.4, -0.2) is 21.9 Å². The van der Waals surface area contributed by atoms with Gasteiger partial charge >= 0.3 is 5.97 Å². The monoisotopic (exact) mass is 309 g/mol. The van der Waals surface area contributed by atoms with E-state index in [0.717, 1.165) is 5.56 Å². The van der Waals surface area contributed by atoms with E-state index in [0.29, 0.717) is 18.5 Å². The molecule has 4 nitrogen and oxygen atoms in total. The maximum Gasteiger partial charge on any atom is 0.303 e. The normalized spacial score (nSPS) is 16.2. The zero-order valence-electron chi connectivity index (χ0n) is 13.0. The Morgan fingerprint density at radius 3 is 2.57 bits per heavy atom. The number of aryl methyl sites for hydroxylation is 1. The molecular formula is C19H19NO3. The van der Waals surface area contributed by atoms with Crippen LogP contribution in [0.2, 0.25) is 0 Å². The van der Waals surface area contributed by atoms with E-state index < -0.39 is 5.97 Å². The van der Waals surface area contributed by atoms with Crippen LogP contribution in [0, 0.1) is 0 Å². The molecule has 23 heavy (non-hydrogen) atoms. The SMILES string of the molecule is CC1c2ccccc2CN1C(=O)c1ccccc1CCC(=O)O. The number of nitrogens with zero attached hydrogens (tertiary/aromatic N) is 1. The van der Waals surface area contributed by atoms with Gasteiger partial charge in [0.05, 0.1) is 6.04 Å². The van der Waals surface area contributed by atoms with Crippen LogP contribution in [-0.2, 0) is 17.8 Å². The second-order valence-electron chi connectivity index (χ2n) is 5.86. The third-order valence-corrected chi connectivity index (χ3v) is 4.43. The Morgan fingerprint density at radius 2 is 1.83 bits per heavy atom. The third-order valence-electron chi connectivity index (χ3n) is 4.43. The van der Waals surface area contributed by atoms with Crippen molar-refractivity contribution in [2.75, 3.05) is 0 Å². The van der Waals surface area contributed by atoms with Crippen molar-refractivity contribution < 1.29 is 14.7 Å². The first-order valence-electron chi connectivity index (χ1n) is 7.76. The smallest absolute Gasteiger partial charge is 0.303 e. The largest absolute Gasteiger partial charge is 0.481 e. The second-order valence-corrected chi connectivity index (χ2v) is 5.86. The molecule has 4 heteroatoms. The van der Waals surface area contributed by atoms with E-state index in [1.54, 1.807) is 6.07 Å². The highest BCUT2D eigenvalue weighted by molar-refractivity contribution is 5.96. The Hall–Kier alpha value is -2.62. The van der Waals surface area contributed by atoms with Crippen LogP contribution in [0.15, 0.2) is 48.5 Å². The first-order valence-corrected chi connectivity index (χ1v) is 7.76. The highest BCUT2D eigenvalue weighted by atomic mass is 16.4. The second kappa shape index (κ2) is 6.24. The Labute approximate surface area is 135 Å². The molecule has 1 unspecified atom stereocenters. The van der Waals surface area contributed by atoms with Gasteiger partial charge in [-0.15, -0.1) is 0 Å². The van der Waals surface area contributed by atoms with Crippen LogP contribution in [0.3, 0.4) is 0 Å². The molecular weight excluding hydrogens is 290 g/mol. The fourth-order valence-corrected chi connectivity index (χ4v) is 3.17. The summed E-state index contributed by atoms with van der Waals surface area (Å²) in [7, 11) is 0. The number of aliphatic carboxylic acids is 1. The number of carboxylic acids is 1. The van der Waals surface area contributed by atoms with Crippen LogP contribution < -0.4 is 0 Å². The number of amides is 1. The zero-order valence-corrected chi connectivity index (χ0v) is 13.0. The summed E-state index contributed by atoms with van der Waals surface area (Å²) in [5, 5.41) is 8.88. The number of carbonyl (C=O) groups is 2. The summed E-state index contributed by atoms with van der Waals surface area (Å²) >= 11 is 0. The predicted octanol–water partition coefficient (Wildman–Crippen LogP) is 3.42. The van der Waals surface area contributed by atoms with E-state index in [4.69, 9.17) is 5.11 Å². The summed E-state index contributed by atoms with van der Waals surface area (Å²) in [6.07, 6.45) is 0.395. The first kappa shape index (κ1) is 15.3. The Kier molecular flexibility index (Phi) is 4.15. The van der Waals surface area contributed by atoms with Crippen molar-refractivity contribution in [3.63, 3.8) is 0 Å². The number of carboxylic acid groups (broad SMARTS) is 1. The van der Waals surface area contributed by atoms with Crippen molar-refractivity contribution in [2.45, 2.75) is 32.4 Å². The quantitative estimate of drug-likeness (QED) is 0.941. The molecule has 2 aromatic rings. The van der Waals surface area contributed by atoms with Crippen LogP contribution in [0.25, 0.3) is 0 Å². The van der Waals surface area contributed by atoms with E-state index in [1.807, 2.05) is 42.2 Å². The maximum atomic E-state index is 13.0. The minimum absolute atomic E-state index is 0.0278. The molecule has 0 aliphatic carbocycles. The van der Waals surface area contributed by atoms with Gasteiger partial charge in [0.2, 0.25) is 0 Å². The average Bonchev–Trinajstić information content (AvgIpc) is 2.90. The molecule has 3 rings (SSSR count). The van der Waals surface area contributed by atoms with Crippen molar-refractivity contribution in [3.05, 3.63) is 70.8 Å². The van der Waals surface area contributed by atoms with Crippen LogP contribution >= 0.6 is 0 Å². The van der Waals surface area contributed by atoms with Gasteiger partial charge in [-0.1, -0.05) is 42.5 Å². The first-order chi connectivity index (χ1) is 11.1. The van der Waals surface area contributed by atoms with Gasteiger partial charge in [-0.25, -0.2) is 0 Å². The van der Waals surface area contributed by atoms with Crippen molar-refractivity contribution >= 4 is 11.9 Å². The summed E-state index contributed by atoms with van der Waals surface area (Å²) in [5.74, 6) is -0.885. The molecule has 0 spiro atoms. The fourth-order valence-electron chi connectivity index (χ4n) is 3.17. The highest BCUT2D eigenvalue weighted by Crippen LogP contribution is 2.34. The minimum Gasteiger partial charge on any atom is -0.481 e. The number of rotatable bonds is 4. The van der Waals surface area contributed by atoms with Gasteiger partial charge in [0.25, 0.3) is 5.91 Å². The molecule has 1 heterocycles. The lowest BCUT2D eigenvalue weighted by Crippen LogP contribution is -2.29. The van der Waals surface area contributed by atoms with Gasteiger partial charge in [-0.3, -0.25) is 9.59 Å². The average molecular weight is 309 g/mol. The van der Waals surface area contributed by atoms with Crippen LogP contribution in [0.1, 0.15) is 46.4 Å². The number of hydrogen-bond donors (Lipinski definition) is 1. The molecule has 0 saturated carbocycles. The van der Waals surface area contributed by atoms with Crippen LogP contribution in [0.5, 0.6) is 0 Å². The molecule has 1 atom stereocenters. The minimum atomic E-state index is -0.853. The molecule has 0 bridgehead atoms. The van der Waals surface area contributed by atoms with Gasteiger partial charge in [0.1, 0.15) is 0 Å². The maximum absolute atomic E-state index is 13.0. The molecule has 1 amide bonds. The highest BCUT2D eigenvalue weighted by Gasteiger charge is 2.31. The molecule has 1 aliphatic rings. The number of fused-ring (bicyclic) bond motifs is 1. The Morgan fingerprint density at radius 1 is 1.13 bits per heavy atom. The van der Waals surface area contributed by atoms with Crippen molar-refractivity contribution in [2.24, 2.45) is 0 Å². The standard InChI is InChI=1S/C19H19NO3/c1-13-16-8-4-3-7-15(16)12-20(13)19(23)17-9-5-2-6-14(17)10-11-18(21)22/h2-9,13H,10-12H2,1H3,(H,21,22). The third kappa shape index (κ3) is 2.97. The Balaban J connectivity index is 1.86. The van der Waals surface area contributed by atoms with Gasteiger partial charge in [-0.05, 0) is 36.1 Å². The molecule has 1 N–H and O–H groups in total. The lowest BCUT2D eigenvalue weighted by atomic mass is 10.0. The van der Waals surface area contributed by atoms with Crippen molar-refractivity contribution in [1.82, 2.24) is 4.90 Å². The number of hydrogen-bond acceptors (Lipinski definition) is 2. The molecule has 2 aromatic carbocycles. The summed E-state index contributed by atoms with van der Waals surface area (Å²) in [6.45, 7) is 2.63. The van der Waals surface area contributed by atoms with Crippen molar-refractivity contribution in [1.29, 1.82) is 0 Å². The molecule has 0 fully saturated rings. The molecule has 0 radical (unpaired) electrons. The summed E-state index contributed by atoms with van der Waals surface area (Å²) < 4.78 is 0. The van der Waals surface area contributed by atoms with E-state index >= 15 is 0 Å². The fraction of sp³-hybridized carbons (Fsp3) is 0.263. The molecule has 0 saturated heterocycles. The van der Waals surface area contributed by atoms with Gasteiger partial charge < -0.3 is 10.0 Å².